The van der Waals surface area contributed by atoms with Crippen LogP contribution in [0.2, 0.25) is 0 Å². The van der Waals surface area contributed by atoms with Crippen LogP contribution in [0.5, 0.6) is 0 Å². The van der Waals surface area contributed by atoms with E-state index in [4.69, 9.17) is 18.6 Å². The number of H-pyrrole nitrogens is 1. The van der Waals surface area contributed by atoms with Crippen molar-refractivity contribution in [3.05, 3.63) is 24.1 Å². The molecule has 0 saturated carbocycles. The molecule has 2 rings (SSSR count). The molecule has 120 valence electrons. The van der Waals surface area contributed by atoms with Crippen LogP contribution in [-0.4, -0.2) is 27.0 Å². The Hall–Kier alpha value is -1.71. The number of fused-ring (bicyclic) bond motifs is 1. The summed E-state index contributed by atoms with van der Waals surface area (Å²) in [6, 6.07) is 3.22. The van der Waals surface area contributed by atoms with Crippen molar-refractivity contribution in [1.82, 2.24) is 4.98 Å². The number of esters is 1. The Morgan fingerprint density at radius 1 is 1.41 bits per heavy atom. The summed E-state index contributed by atoms with van der Waals surface area (Å²) in [5, 5.41) is 0. The molecular weight excluding hydrogens is 405 g/mol. The third-order valence-corrected chi connectivity index (χ3v) is 2.81. The van der Waals surface area contributed by atoms with Gasteiger partial charge in [0.1, 0.15) is 5.69 Å². The monoisotopic (exact) mass is 421 g/mol. The average molecular weight is 421 g/mol. The van der Waals surface area contributed by atoms with E-state index in [1.54, 1.807) is 26.8 Å². The van der Waals surface area contributed by atoms with Crippen LogP contribution in [-0.2, 0) is 14.2 Å². The zero-order valence-electron chi connectivity index (χ0n) is 12.3. The van der Waals surface area contributed by atoms with Crippen molar-refractivity contribution in [3.63, 3.8) is 0 Å². The molecule has 0 amide bonds. The maximum atomic E-state index is 12.0. The molecule has 0 aliphatic heterocycles. The van der Waals surface area contributed by atoms with Gasteiger partial charge in [0.15, 0.2) is 9.19 Å². The molecule has 8 heteroatoms. The van der Waals surface area contributed by atoms with Crippen LogP contribution < -0.4 is 0 Å². The first kappa shape index (κ1) is 16.7. The lowest BCUT2D eigenvalue weighted by atomic mass is 10.4. The highest BCUT2D eigenvalue weighted by atomic mass is 127. The quantitative estimate of drug-likeness (QED) is 0.340. The molecule has 0 saturated heterocycles. The molecule has 2 heterocycles. The van der Waals surface area contributed by atoms with Crippen molar-refractivity contribution in [3.8, 4) is 0 Å². The van der Waals surface area contributed by atoms with Gasteiger partial charge in [-0.2, -0.15) is 0 Å². The summed E-state index contributed by atoms with van der Waals surface area (Å²) >= 11 is 1.95. The molecule has 0 radical (unpaired) electrons. The number of carbonyl (C=O) groups excluding carboxylic acids is 2. The van der Waals surface area contributed by atoms with Crippen LogP contribution in [0.4, 0.5) is 4.79 Å². The van der Waals surface area contributed by atoms with Gasteiger partial charge in [0.25, 0.3) is 6.29 Å². The zero-order chi connectivity index (χ0) is 16.3. The second-order valence-corrected chi connectivity index (χ2v) is 7.56. The molecule has 22 heavy (non-hydrogen) atoms. The predicted octanol–water partition coefficient (Wildman–Crippen LogP) is 3.98. The first-order valence-corrected chi connectivity index (χ1v) is 7.72. The van der Waals surface area contributed by atoms with E-state index in [0.29, 0.717) is 17.5 Å². The highest BCUT2D eigenvalue weighted by Crippen LogP contribution is 2.20. The molecule has 2 aromatic heterocycles. The van der Waals surface area contributed by atoms with E-state index in [0.717, 1.165) is 0 Å². The second-order valence-electron chi connectivity index (χ2n) is 4.96. The Bertz CT molecular complexity index is 640. The number of carbonyl (C=O) groups is 2. The molecular formula is C14H16INO6. The fourth-order valence-corrected chi connectivity index (χ4v) is 1.84. The minimum atomic E-state index is -1.02. The van der Waals surface area contributed by atoms with Crippen molar-refractivity contribution in [2.75, 3.05) is 0 Å². The minimum Gasteiger partial charge on any atom is -0.463 e. The van der Waals surface area contributed by atoms with E-state index in [1.165, 1.54) is 12.3 Å². The lowest BCUT2D eigenvalue weighted by Gasteiger charge is -2.20. The Balaban J connectivity index is 1.96. The Morgan fingerprint density at radius 2 is 2.14 bits per heavy atom. The van der Waals surface area contributed by atoms with E-state index in [2.05, 4.69) is 4.98 Å². The number of rotatable bonds is 5. The molecule has 2 aromatic rings. The van der Waals surface area contributed by atoms with Gasteiger partial charge >= 0.3 is 12.1 Å². The topological polar surface area (TPSA) is 90.8 Å². The minimum absolute atomic E-state index is 0.221. The molecule has 0 aliphatic rings. The Morgan fingerprint density at radius 3 is 2.73 bits per heavy atom. The highest BCUT2D eigenvalue weighted by molar-refractivity contribution is 14.1. The van der Waals surface area contributed by atoms with Crippen molar-refractivity contribution in [2.24, 2.45) is 0 Å². The molecule has 1 atom stereocenters. The van der Waals surface area contributed by atoms with E-state index in [1.807, 2.05) is 22.6 Å². The molecule has 0 fully saturated rings. The number of ether oxygens (including phenoxy) is 3. The van der Waals surface area contributed by atoms with Crippen molar-refractivity contribution >= 4 is 45.8 Å². The van der Waals surface area contributed by atoms with Gasteiger partial charge in [-0.3, -0.25) is 0 Å². The summed E-state index contributed by atoms with van der Waals surface area (Å²) in [5.41, 5.74) is 1.46. The highest BCUT2D eigenvalue weighted by Gasteiger charge is 2.25. The summed E-state index contributed by atoms with van der Waals surface area (Å²) in [6.45, 7) is 5.13. The zero-order valence-corrected chi connectivity index (χ0v) is 14.5. The molecule has 0 aromatic carbocycles. The van der Waals surface area contributed by atoms with Gasteiger partial charge in [-0.05, 0) is 36.4 Å². The fraction of sp³-hybridized carbons (Fsp3) is 0.429. The summed E-state index contributed by atoms with van der Waals surface area (Å²) in [5.74, 6) is -0.639. The number of hydrogen-bond donors (Lipinski definition) is 1. The average Bonchev–Trinajstić information content (AvgIpc) is 2.95. The van der Waals surface area contributed by atoms with E-state index in [-0.39, 0.29) is 5.69 Å². The van der Waals surface area contributed by atoms with Gasteiger partial charge in [-0.15, -0.1) is 0 Å². The van der Waals surface area contributed by atoms with Crippen molar-refractivity contribution in [2.45, 2.75) is 37.1 Å². The molecule has 0 spiro atoms. The van der Waals surface area contributed by atoms with E-state index < -0.39 is 22.0 Å². The SMILES string of the molecule is CCC(OC(=O)OC(C)(C)I)OC(=O)c1cc2occc2[nH]1. The maximum absolute atomic E-state index is 12.0. The van der Waals surface area contributed by atoms with Gasteiger partial charge in [0.05, 0.1) is 11.8 Å². The lowest BCUT2D eigenvalue weighted by molar-refractivity contribution is -0.0990. The third-order valence-electron chi connectivity index (χ3n) is 2.59. The number of aromatic nitrogens is 1. The van der Waals surface area contributed by atoms with Crippen molar-refractivity contribution < 1.29 is 28.2 Å². The first-order chi connectivity index (χ1) is 10.3. The second kappa shape index (κ2) is 6.59. The number of hydrogen-bond acceptors (Lipinski definition) is 6. The number of halogens is 1. The van der Waals surface area contributed by atoms with Crippen LogP contribution >= 0.6 is 22.6 Å². The summed E-state index contributed by atoms with van der Waals surface area (Å²) in [6.07, 6.45) is -0.0947. The van der Waals surface area contributed by atoms with Crippen LogP contribution in [0.1, 0.15) is 37.7 Å². The van der Waals surface area contributed by atoms with Gasteiger partial charge in [-0.25, -0.2) is 9.59 Å². The Labute approximate surface area is 140 Å². The van der Waals surface area contributed by atoms with E-state index in [9.17, 15) is 9.59 Å². The maximum Gasteiger partial charge on any atom is 0.512 e. The van der Waals surface area contributed by atoms with E-state index >= 15 is 0 Å². The van der Waals surface area contributed by atoms with Crippen LogP contribution in [0, 0.1) is 0 Å². The lowest BCUT2D eigenvalue weighted by Crippen LogP contribution is -2.28. The molecule has 0 aliphatic carbocycles. The number of nitrogens with one attached hydrogen (secondary N) is 1. The summed E-state index contributed by atoms with van der Waals surface area (Å²) < 4.78 is 19.6. The van der Waals surface area contributed by atoms with Crippen molar-refractivity contribution in [1.29, 1.82) is 0 Å². The van der Waals surface area contributed by atoms with Gasteiger partial charge in [-0.1, -0.05) is 6.92 Å². The molecule has 7 nitrogen and oxygen atoms in total. The molecule has 0 bridgehead atoms. The Kier molecular flexibility index (Phi) is 4.99. The number of aromatic amines is 1. The summed E-state index contributed by atoms with van der Waals surface area (Å²) in [7, 11) is 0. The number of furan rings is 1. The largest absolute Gasteiger partial charge is 0.512 e. The standard InChI is InChI=1S/C14H16INO6/c1-4-11(21-13(18)22-14(2,3)15)20-12(17)9-7-10-8(16-9)5-6-19-10/h5-7,11,16H,4H2,1-3H3. The summed E-state index contributed by atoms with van der Waals surface area (Å²) in [4.78, 5) is 26.5. The molecule has 1 N–H and O–H groups in total. The molecule has 1 unspecified atom stereocenters. The fourth-order valence-electron chi connectivity index (χ4n) is 1.66. The van der Waals surface area contributed by atoms with Gasteiger partial charge < -0.3 is 23.6 Å². The predicted molar refractivity (Wildman–Crippen MR) is 85.7 cm³/mol. The number of alkyl halides is 1. The van der Waals surface area contributed by atoms with Crippen LogP contribution in [0.15, 0.2) is 22.8 Å². The first-order valence-electron chi connectivity index (χ1n) is 6.64. The van der Waals surface area contributed by atoms with Crippen LogP contribution in [0.3, 0.4) is 0 Å². The third kappa shape index (κ3) is 4.39. The van der Waals surface area contributed by atoms with Gasteiger partial charge in [0.2, 0.25) is 0 Å². The smallest absolute Gasteiger partial charge is 0.463 e. The van der Waals surface area contributed by atoms with Gasteiger partial charge in [0, 0.05) is 18.6 Å². The normalized spacial score (nSPS) is 12.9. The van der Waals surface area contributed by atoms with Crippen LogP contribution in [0.25, 0.3) is 11.1 Å².